The van der Waals surface area contributed by atoms with Gasteiger partial charge < -0.3 is 35.1 Å². The minimum absolute atomic E-state index is 0.0709. The molecule has 10 nitrogen and oxygen atoms in total. The Labute approximate surface area is 257 Å². The first-order chi connectivity index (χ1) is 20.9. The first kappa shape index (κ1) is 30.3. The van der Waals surface area contributed by atoms with Crippen LogP contribution in [0.4, 0.5) is 5.95 Å². The van der Waals surface area contributed by atoms with Gasteiger partial charge >= 0.3 is 0 Å². The summed E-state index contributed by atoms with van der Waals surface area (Å²) in [7, 11) is 0. The molecule has 0 radical (unpaired) electrons. The van der Waals surface area contributed by atoms with Gasteiger partial charge in [-0.1, -0.05) is 65.7 Å². The number of nitrogens with one attached hydrogen (secondary N) is 2. The van der Waals surface area contributed by atoms with Crippen molar-refractivity contribution in [3.63, 3.8) is 0 Å². The molecule has 0 aliphatic rings. The van der Waals surface area contributed by atoms with Gasteiger partial charge in [0.1, 0.15) is 36.6 Å². The Morgan fingerprint density at radius 2 is 1.67 bits per heavy atom. The molecule has 5 rings (SSSR count). The van der Waals surface area contributed by atoms with Crippen LogP contribution in [0.2, 0.25) is 10.0 Å². The van der Waals surface area contributed by atoms with Gasteiger partial charge in [-0.2, -0.15) is 0 Å². The lowest BCUT2D eigenvalue weighted by atomic mass is 10.1. The highest BCUT2D eigenvalue weighted by Crippen LogP contribution is 2.40. The summed E-state index contributed by atoms with van der Waals surface area (Å²) in [4.78, 5) is 17.1. The quantitative estimate of drug-likeness (QED) is 0.119. The zero-order chi connectivity index (χ0) is 30.2. The lowest BCUT2D eigenvalue weighted by Gasteiger charge is -2.12. The average Bonchev–Trinajstić information content (AvgIpc) is 3.47. The van der Waals surface area contributed by atoms with E-state index in [1.165, 1.54) is 0 Å². The Morgan fingerprint density at radius 1 is 0.884 bits per heavy atom. The number of anilines is 1. The minimum atomic E-state index is -1.04. The fourth-order valence-corrected chi connectivity index (χ4v) is 4.86. The number of hydrogen-bond acceptors (Lipinski definition) is 9. The molecule has 0 saturated heterocycles. The molecule has 0 aliphatic carbocycles. The summed E-state index contributed by atoms with van der Waals surface area (Å²) in [6.45, 7) is 0.0688. The fraction of sp³-hybridized carbons (Fsp3) is 0.194. The normalized spacial score (nSPS) is 11.7. The number of rotatable bonds is 13. The number of H-pyrrole nitrogens is 1. The van der Waals surface area contributed by atoms with E-state index >= 15 is 0 Å². The number of imidazole rings is 1. The third-order valence-electron chi connectivity index (χ3n) is 6.27. The summed E-state index contributed by atoms with van der Waals surface area (Å²) >= 11 is 13.3. The van der Waals surface area contributed by atoms with E-state index in [1.807, 2.05) is 54.6 Å². The monoisotopic (exact) mass is 621 g/mol. The Hall–Kier alpha value is -4.19. The summed E-state index contributed by atoms with van der Waals surface area (Å²) in [5, 5.41) is 31.4. The molecule has 0 amide bonds. The number of aromatic nitrogens is 4. The first-order valence-electron chi connectivity index (χ1n) is 13.4. The lowest BCUT2D eigenvalue weighted by Crippen LogP contribution is -2.21. The van der Waals surface area contributed by atoms with E-state index in [0.29, 0.717) is 59.1 Å². The molecule has 0 bridgehead atoms. The molecule has 0 spiro atoms. The summed E-state index contributed by atoms with van der Waals surface area (Å²) in [6.07, 6.45) is 0.572. The number of benzene rings is 3. The first-order valence-corrected chi connectivity index (χ1v) is 14.2. The number of nitrogens with zero attached hydrogens (tertiary/aromatic N) is 3. The molecule has 5 aromatic rings. The number of aliphatic hydroxyl groups excluding tert-OH is 3. The second-order valence-corrected chi connectivity index (χ2v) is 10.3. The van der Waals surface area contributed by atoms with E-state index in [1.54, 1.807) is 24.4 Å². The van der Waals surface area contributed by atoms with Crippen molar-refractivity contribution in [3.8, 4) is 45.5 Å². The molecule has 43 heavy (non-hydrogen) atoms. The lowest BCUT2D eigenvalue weighted by molar-refractivity contribution is 0.0536. The number of hydrogen-bond donors (Lipinski definition) is 5. The van der Waals surface area contributed by atoms with Crippen LogP contribution in [-0.2, 0) is 6.61 Å². The Kier molecular flexibility index (Phi) is 10.1. The highest BCUT2D eigenvalue weighted by atomic mass is 35.5. The molecule has 1 atom stereocenters. The van der Waals surface area contributed by atoms with Crippen LogP contribution < -0.4 is 14.8 Å². The van der Waals surface area contributed by atoms with E-state index in [2.05, 4.69) is 20.3 Å². The van der Waals surface area contributed by atoms with Crippen molar-refractivity contribution >= 4 is 29.2 Å². The van der Waals surface area contributed by atoms with Crippen LogP contribution in [-0.4, -0.2) is 67.7 Å². The maximum atomic E-state index is 9.63. The summed E-state index contributed by atoms with van der Waals surface area (Å²) in [5.41, 5.74) is 3.95. The van der Waals surface area contributed by atoms with Gasteiger partial charge in [0.05, 0.1) is 45.9 Å². The molecule has 222 valence electrons. The van der Waals surface area contributed by atoms with Crippen LogP contribution in [0.15, 0.2) is 79.0 Å². The zero-order valence-electron chi connectivity index (χ0n) is 22.9. The van der Waals surface area contributed by atoms with E-state index in [-0.39, 0.29) is 23.3 Å². The van der Waals surface area contributed by atoms with Gasteiger partial charge in [-0.25, -0.2) is 15.0 Å². The van der Waals surface area contributed by atoms with Crippen LogP contribution in [0.3, 0.4) is 0 Å². The average molecular weight is 623 g/mol. The van der Waals surface area contributed by atoms with Crippen LogP contribution >= 0.6 is 23.2 Å². The molecule has 0 aliphatic heterocycles. The van der Waals surface area contributed by atoms with Crippen LogP contribution in [0, 0.1) is 0 Å². The molecular weight excluding hydrogens is 593 g/mol. The molecule has 12 heteroatoms. The maximum absolute atomic E-state index is 9.63. The van der Waals surface area contributed by atoms with Crippen molar-refractivity contribution in [2.75, 3.05) is 31.7 Å². The summed E-state index contributed by atoms with van der Waals surface area (Å²) < 4.78 is 11.6. The van der Waals surface area contributed by atoms with E-state index < -0.39 is 12.7 Å². The molecular formula is C31H29Cl2N5O5. The second kappa shape index (κ2) is 14.3. The van der Waals surface area contributed by atoms with E-state index in [9.17, 15) is 10.2 Å². The second-order valence-electron chi connectivity index (χ2n) is 9.44. The largest absolute Gasteiger partial charge is 0.491 e. The van der Waals surface area contributed by atoms with E-state index in [0.717, 1.165) is 11.1 Å². The topological polar surface area (TPSA) is 146 Å². The van der Waals surface area contributed by atoms with Crippen molar-refractivity contribution < 1.29 is 24.8 Å². The van der Waals surface area contributed by atoms with Gasteiger partial charge in [0.2, 0.25) is 5.95 Å². The predicted octanol–water partition coefficient (Wildman–Crippen LogP) is 5.22. The third-order valence-corrected chi connectivity index (χ3v) is 6.87. The Morgan fingerprint density at radius 3 is 2.42 bits per heavy atom. The van der Waals surface area contributed by atoms with E-state index in [4.69, 9.17) is 42.8 Å². The molecule has 0 fully saturated rings. The summed E-state index contributed by atoms with van der Waals surface area (Å²) in [5.74, 6) is 1.72. The van der Waals surface area contributed by atoms with Crippen molar-refractivity contribution in [3.05, 3.63) is 94.6 Å². The van der Waals surface area contributed by atoms with Crippen LogP contribution in [0.1, 0.15) is 5.56 Å². The SMILES string of the molecule is OCCNc1nccc(-c2[nH]c(-c3c(Cl)cc(OC[C@@H](O)CO)cc3Cl)nc2-c2cccc(OCc3ccccc3)c2)n1. The number of halogens is 2. The molecule has 3 aromatic carbocycles. The van der Waals surface area contributed by atoms with Gasteiger partial charge in [0.25, 0.3) is 0 Å². The number of ether oxygens (including phenoxy) is 2. The van der Waals surface area contributed by atoms with Crippen molar-refractivity contribution in [1.82, 2.24) is 19.9 Å². The highest BCUT2D eigenvalue weighted by molar-refractivity contribution is 6.39. The van der Waals surface area contributed by atoms with Crippen molar-refractivity contribution in [1.29, 1.82) is 0 Å². The summed E-state index contributed by atoms with van der Waals surface area (Å²) in [6, 6.07) is 22.3. The highest BCUT2D eigenvalue weighted by Gasteiger charge is 2.21. The van der Waals surface area contributed by atoms with Gasteiger partial charge in [0.15, 0.2) is 0 Å². The number of aromatic amines is 1. The molecule has 2 aromatic heterocycles. The number of aliphatic hydroxyl groups is 3. The van der Waals surface area contributed by atoms with Gasteiger partial charge in [0, 0.05) is 18.3 Å². The van der Waals surface area contributed by atoms with Crippen LogP contribution in [0.5, 0.6) is 11.5 Å². The van der Waals surface area contributed by atoms with Gasteiger partial charge in [-0.15, -0.1) is 0 Å². The third kappa shape index (κ3) is 7.61. The Balaban J connectivity index is 1.54. The van der Waals surface area contributed by atoms with Gasteiger partial charge in [-0.3, -0.25) is 0 Å². The predicted molar refractivity (Wildman–Crippen MR) is 165 cm³/mol. The standard InChI is InChI=1S/C31H29Cl2N5O5/c32-24-14-23(43-18-21(41)16-40)15-25(33)27(24)30-37-28(29(38-30)26-9-10-34-31(36-26)35-11-12-39)20-7-4-8-22(13-20)42-17-19-5-2-1-3-6-19/h1-10,13-15,21,39-41H,11-12,16-18H2,(H,37,38)(H,34,35,36)/t21-/m0/s1. The van der Waals surface area contributed by atoms with Crippen LogP contribution in [0.25, 0.3) is 34.0 Å². The molecule has 5 N–H and O–H groups in total. The van der Waals surface area contributed by atoms with Gasteiger partial charge in [-0.05, 0) is 35.9 Å². The minimum Gasteiger partial charge on any atom is -0.491 e. The molecule has 2 heterocycles. The zero-order valence-corrected chi connectivity index (χ0v) is 24.4. The van der Waals surface area contributed by atoms with Crippen molar-refractivity contribution in [2.45, 2.75) is 12.7 Å². The maximum Gasteiger partial charge on any atom is 0.223 e. The van der Waals surface area contributed by atoms with Crippen molar-refractivity contribution in [2.24, 2.45) is 0 Å². The Bertz CT molecular complexity index is 1640. The smallest absolute Gasteiger partial charge is 0.223 e. The fourth-order valence-electron chi connectivity index (χ4n) is 4.22. The molecule has 0 saturated carbocycles. The molecule has 0 unspecified atom stereocenters.